The monoisotopic (exact) mass is 1290 g/mol. The number of rotatable bonds is 15. The minimum atomic E-state index is -3.86. The molecule has 2 atom stereocenters. The number of carbonyl (C=O) groups is 2. The third-order valence-corrected chi connectivity index (χ3v) is 16.7. The molecular weight excluding hydrogens is 1230 g/mol. The minimum Gasteiger partial charge on any atom is -0.457 e. The van der Waals surface area contributed by atoms with Crippen LogP contribution in [0.1, 0.15) is 62.9 Å². The molecule has 0 aliphatic carbocycles. The summed E-state index contributed by atoms with van der Waals surface area (Å²) in [4.78, 5) is 38.7. The highest BCUT2D eigenvalue weighted by Crippen LogP contribution is 2.31. The van der Waals surface area contributed by atoms with Crippen molar-refractivity contribution in [3.05, 3.63) is 215 Å². The van der Waals surface area contributed by atoms with Crippen molar-refractivity contribution in [1.82, 2.24) is 29.4 Å². The van der Waals surface area contributed by atoms with Crippen LogP contribution < -0.4 is 14.8 Å². The van der Waals surface area contributed by atoms with Gasteiger partial charge in [0.1, 0.15) is 58.2 Å². The summed E-state index contributed by atoms with van der Waals surface area (Å²) in [6, 6.07) is 46.4. The number of aromatic nitrogens is 2. The summed E-state index contributed by atoms with van der Waals surface area (Å²) in [7, 11) is -2.52. The standard InChI is InChI=1S/C31H27FN4O6S.C24H24FN3O4.C7H4ClNO2S.CH4.ClH/c32-24-6-10-26(11-7-24)42-25-8-4-22(5-9-25)28-17-23(30(38)20-37)18-29(34-28)31(39)35-12-14-36(15-13-35)43(40,41)27-3-1-2-21(16-27)19-33;25-18-3-7-20(8-4-18)32-19-5-1-16(2-6-19)21-13-17(23(30)15-29)14-22(27-21)24(31)28-11-9-26-10-12-28;8-12(10,11)7-3-1-2-6(4-7)5-9;;/h1-11,16-18,30,37-38H,12-15,20H2;1-8,13-14,23,26,29-30H,9-12,15H2;1-4H;1H4;1H/t30-;23-;;;/m11.../s1. The highest BCUT2D eigenvalue weighted by atomic mass is 35.7. The number of nitrogens with zero attached hydrogens (tertiary/aromatic N) is 7. The van der Waals surface area contributed by atoms with Crippen LogP contribution in [0.2, 0.25) is 0 Å². The van der Waals surface area contributed by atoms with Gasteiger partial charge in [-0.25, -0.2) is 35.6 Å². The number of hydrogen-bond donors (Lipinski definition) is 5. The Bertz CT molecular complexity index is 4040. The lowest BCUT2D eigenvalue weighted by Gasteiger charge is -2.34. The molecule has 0 spiro atoms. The molecule has 2 aromatic heterocycles. The number of carbonyl (C=O) groups excluding carboxylic acids is 2. The van der Waals surface area contributed by atoms with Gasteiger partial charge >= 0.3 is 0 Å². The zero-order valence-corrected chi connectivity index (χ0v) is 49.6. The van der Waals surface area contributed by atoms with Crippen LogP contribution in [-0.2, 0) is 19.1 Å². The lowest BCUT2D eigenvalue weighted by Crippen LogP contribution is -2.50. The summed E-state index contributed by atoms with van der Waals surface area (Å²) in [6.07, 6.45) is -2.37. The number of amides is 2. The van der Waals surface area contributed by atoms with Crippen molar-refractivity contribution in [3.63, 3.8) is 0 Å². The average Bonchev–Trinajstić information content (AvgIpc) is 2.55. The molecule has 2 fully saturated rings. The van der Waals surface area contributed by atoms with Gasteiger partial charge in [-0.05, 0) is 169 Å². The first-order chi connectivity index (χ1) is 41.7. The van der Waals surface area contributed by atoms with Crippen LogP contribution in [0.3, 0.4) is 0 Å². The topological polar surface area (TPSA) is 297 Å². The average molecular weight is 1290 g/mol. The van der Waals surface area contributed by atoms with Gasteiger partial charge in [-0.3, -0.25) is 9.59 Å². The zero-order chi connectivity index (χ0) is 62.3. The summed E-state index contributed by atoms with van der Waals surface area (Å²) in [6.45, 7) is 1.87. The van der Waals surface area contributed by atoms with Crippen molar-refractivity contribution < 1.29 is 65.1 Å². The smallest absolute Gasteiger partial charge is 0.272 e. The normalized spacial score (nSPS) is 13.8. The van der Waals surface area contributed by atoms with Crippen LogP contribution >= 0.6 is 23.1 Å². The van der Waals surface area contributed by atoms with E-state index in [1.807, 2.05) is 12.1 Å². The SMILES string of the molecule is C.Cl.N#Cc1cccc(S(=O)(=O)Cl)c1.N#Cc1cccc(S(=O)(=O)N2CCN(C(=O)c3cc([C@H](O)CO)cc(-c4ccc(Oc5ccc(F)cc5)cc4)n3)CC2)c1.O=C(c1cc([C@H](O)CO)cc(-c2ccc(Oc3ccc(F)cc3)cc2)n1)N1CCNCC1. The van der Waals surface area contributed by atoms with E-state index in [0.717, 1.165) is 5.56 Å². The molecule has 0 unspecified atom stereocenters. The quantitative estimate of drug-likeness (QED) is 0.0598. The van der Waals surface area contributed by atoms with Crippen LogP contribution in [0.25, 0.3) is 22.5 Å². The molecule has 26 heteroatoms. The van der Waals surface area contributed by atoms with Gasteiger partial charge in [-0.15, -0.1) is 12.4 Å². The molecule has 2 aliphatic heterocycles. The summed E-state index contributed by atoms with van der Waals surface area (Å²) in [5.74, 6) is 0.637. The Balaban J connectivity index is 0.000000241. The Morgan fingerprint density at radius 3 is 1.31 bits per heavy atom. The zero-order valence-electron chi connectivity index (χ0n) is 46.4. The maximum Gasteiger partial charge on any atom is 0.272 e. The van der Waals surface area contributed by atoms with E-state index in [9.17, 15) is 55.6 Å². The minimum absolute atomic E-state index is 0. The van der Waals surface area contributed by atoms with E-state index in [1.165, 1.54) is 106 Å². The molecule has 4 heterocycles. The number of piperazine rings is 2. The summed E-state index contributed by atoms with van der Waals surface area (Å²) < 4.78 is 86.7. The molecule has 20 nitrogen and oxygen atoms in total. The van der Waals surface area contributed by atoms with Crippen molar-refractivity contribution in [2.75, 3.05) is 65.6 Å². The van der Waals surface area contributed by atoms with Gasteiger partial charge in [0, 0.05) is 74.2 Å². The van der Waals surface area contributed by atoms with Crippen molar-refractivity contribution in [2.45, 2.75) is 29.4 Å². The third-order valence-electron chi connectivity index (χ3n) is 13.4. The van der Waals surface area contributed by atoms with Crippen LogP contribution in [0.5, 0.6) is 23.0 Å². The summed E-state index contributed by atoms with van der Waals surface area (Å²) >= 11 is 0. The number of nitriles is 2. The number of halogens is 4. The number of nitrogens with one attached hydrogen (secondary N) is 1. The highest BCUT2D eigenvalue weighted by Gasteiger charge is 2.32. The van der Waals surface area contributed by atoms with Gasteiger partial charge in [0.05, 0.1) is 57.7 Å². The summed E-state index contributed by atoms with van der Waals surface area (Å²) in [5, 5.41) is 60.3. The second kappa shape index (κ2) is 31.9. The molecule has 0 radical (unpaired) electrons. The van der Waals surface area contributed by atoms with Crippen LogP contribution in [0, 0.1) is 34.3 Å². The van der Waals surface area contributed by atoms with E-state index in [4.69, 9.17) is 30.7 Å². The van der Waals surface area contributed by atoms with E-state index in [1.54, 1.807) is 77.7 Å². The maximum absolute atomic E-state index is 13.5. The fourth-order valence-electron chi connectivity index (χ4n) is 8.79. The lowest BCUT2D eigenvalue weighted by molar-refractivity contribution is 0.0689. The number of benzene rings is 6. The van der Waals surface area contributed by atoms with Crippen molar-refractivity contribution in [3.8, 4) is 57.7 Å². The molecule has 2 saturated heterocycles. The van der Waals surface area contributed by atoms with E-state index in [0.29, 0.717) is 77.3 Å². The summed E-state index contributed by atoms with van der Waals surface area (Å²) in [5.41, 5.74) is 3.68. The first-order valence-electron chi connectivity index (χ1n) is 26.7. The van der Waals surface area contributed by atoms with Crippen LogP contribution in [-0.4, -0.2) is 139 Å². The molecule has 6 aromatic carbocycles. The number of ether oxygens (including phenoxy) is 2. The molecule has 5 N–H and O–H groups in total. The van der Waals surface area contributed by atoms with Gasteiger partial charge in [0.25, 0.3) is 20.9 Å². The van der Waals surface area contributed by atoms with Crippen LogP contribution in [0.4, 0.5) is 8.78 Å². The second-order valence-corrected chi connectivity index (χ2v) is 23.9. The molecule has 2 amide bonds. The molecular formula is C63H60Cl2F2N8O12S2. The number of pyridine rings is 2. The lowest BCUT2D eigenvalue weighted by atomic mass is 10.0. The first-order valence-corrected chi connectivity index (χ1v) is 30.4. The van der Waals surface area contributed by atoms with E-state index >= 15 is 0 Å². The Morgan fingerprint density at radius 1 is 0.562 bits per heavy atom. The first kappa shape index (κ1) is 69.3. The molecule has 0 bridgehead atoms. The van der Waals surface area contributed by atoms with E-state index < -0.39 is 50.4 Å². The Labute approximate surface area is 523 Å². The number of aliphatic hydroxyl groups is 4. The highest BCUT2D eigenvalue weighted by molar-refractivity contribution is 8.13. The Kier molecular flexibility index (Phi) is 24.9. The maximum atomic E-state index is 13.5. The van der Waals surface area contributed by atoms with Gasteiger partial charge in [0.15, 0.2) is 0 Å². The van der Waals surface area contributed by atoms with Gasteiger partial charge in [-0.2, -0.15) is 14.8 Å². The molecule has 0 saturated carbocycles. The van der Waals surface area contributed by atoms with E-state index in [2.05, 4.69) is 15.3 Å². The number of sulfonamides is 1. The molecule has 8 aromatic rings. The number of aliphatic hydroxyl groups excluding tert-OH is 4. The molecule has 2 aliphatic rings. The molecule has 10 rings (SSSR count). The number of hydrogen-bond acceptors (Lipinski definition) is 17. The van der Waals surface area contributed by atoms with Crippen molar-refractivity contribution >= 4 is 54.0 Å². The third kappa shape index (κ3) is 18.6. The largest absolute Gasteiger partial charge is 0.457 e. The van der Waals surface area contributed by atoms with E-state index in [-0.39, 0.29) is 95.9 Å². The van der Waals surface area contributed by atoms with Gasteiger partial charge in [0.2, 0.25) is 10.0 Å². The Hall–Kier alpha value is -8.76. The Morgan fingerprint density at radius 2 is 0.933 bits per heavy atom. The van der Waals surface area contributed by atoms with Gasteiger partial charge in [-0.1, -0.05) is 19.6 Å². The molecule has 89 heavy (non-hydrogen) atoms. The predicted molar refractivity (Wildman–Crippen MR) is 329 cm³/mol. The van der Waals surface area contributed by atoms with Crippen molar-refractivity contribution in [2.24, 2.45) is 0 Å². The molecule has 464 valence electrons. The fraction of sp³-hybridized carbons (Fsp3) is 0.206. The van der Waals surface area contributed by atoms with Gasteiger partial charge < -0.3 is 45.0 Å². The second-order valence-electron chi connectivity index (χ2n) is 19.4. The fourth-order valence-corrected chi connectivity index (χ4v) is 11.1. The van der Waals surface area contributed by atoms with Crippen LogP contribution in [0.15, 0.2) is 180 Å². The predicted octanol–water partition coefficient (Wildman–Crippen LogP) is 9.02. The van der Waals surface area contributed by atoms with Crippen molar-refractivity contribution in [1.29, 1.82) is 10.5 Å².